The second kappa shape index (κ2) is 11.0. The summed E-state index contributed by atoms with van der Waals surface area (Å²) < 4.78 is 178. The number of alkyl halides is 12. The zero-order valence-corrected chi connectivity index (χ0v) is 24.4. The standard InChI is InChI=1S/C26H40F12O2/c1-17(2,3)13-14-40-16(39)15-19(7,8)11-12-20(9,10)22(29,30)24(33,34)26(37,38)25(35,36)23(31,32)21(27,28)18(4,5)6/h11-15H2,1-10H3. The maximum Gasteiger partial charge on any atom is 0.384 e. The third-order valence-electron chi connectivity index (χ3n) is 6.93. The third-order valence-corrected chi connectivity index (χ3v) is 6.93. The Labute approximate surface area is 227 Å². The summed E-state index contributed by atoms with van der Waals surface area (Å²) >= 11 is 0. The number of ether oxygens (including phenoxy) is 1. The van der Waals surface area contributed by atoms with E-state index >= 15 is 0 Å². The van der Waals surface area contributed by atoms with Gasteiger partial charge in [0, 0.05) is 10.8 Å². The van der Waals surface area contributed by atoms with E-state index in [1.54, 1.807) is 0 Å². The first-order valence-corrected chi connectivity index (χ1v) is 12.5. The fraction of sp³-hybridized carbons (Fsp3) is 0.962. The first-order valence-electron chi connectivity index (χ1n) is 12.5. The second-order valence-electron chi connectivity index (χ2n) is 14.0. The van der Waals surface area contributed by atoms with Crippen LogP contribution in [0.2, 0.25) is 0 Å². The van der Waals surface area contributed by atoms with Crippen LogP contribution in [0.5, 0.6) is 0 Å². The summed E-state index contributed by atoms with van der Waals surface area (Å²) in [6.07, 6.45) is -1.51. The van der Waals surface area contributed by atoms with Crippen molar-refractivity contribution in [2.24, 2.45) is 21.7 Å². The molecule has 0 spiro atoms. The summed E-state index contributed by atoms with van der Waals surface area (Å²) in [6.45, 7) is 9.75. The van der Waals surface area contributed by atoms with Gasteiger partial charge in [0.1, 0.15) is 0 Å². The Kier molecular flexibility index (Phi) is 10.7. The van der Waals surface area contributed by atoms with Crippen molar-refractivity contribution in [3.63, 3.8) is 0 Å². The van der Waals surface area contributed by atoms with Crippen LogP contribution >= 0.6 is 0 Å². The first-order chi connectivity index (χ1) is 17.1. The molecule has 40 heavy (non-hydrogen) atoms. The monoisotopic (exact) mass is 612 g/mol. The van der Waals surface area contributed by atoms with Crippen molar-refractivity contribution >= 4 is 5.97 Å². The Balaban J connectivity index is 6.07. The predicted molar refractivity (Wildman–Crippen MR) is 126 cm³/mol. The zero-order chi connectivity index (χ0) is 32.8. The van der Waals surface area contributed by atoms with Gasteiger partial charge in [0.05, 0.1) is 13.0 Å². The Bertz CT molecular complexity index is 879. The highest BCUT2D eigenvalue weighted by atomic mass is 19.4. The van der Waals surface area contributed by atoms with Gasteiger partial charge in [-0.05, 0) is 30.1 Å². The van der Waals surface area contributed by atoms with Gasteiger partial charge in [-0.2, -0.15) is 52.7 Å². The average Bonchev–Trinajstić information content (AvgIpc) is 2.69. The van der Waals surface area contributed by atoms with Gasteiger partial charge in [0.2, 0.25) is 0 Å². The number of carbonyl (C=O) groups is 1. The number of carbonyl (C=O) groups excluding carboxylic acids is 1. The Morgan fingerprint density at radius 3 is 1.20 bits per heavy atom. The molecule has 0 amide bonds. The van der Waals surface area contributed by atoms with Gasteiger partial charge in [-0.15, -0.1) is 0 Å². The third kappa shape index (κ3) is 7.15. The minimum absolute atomic E-state index is 0.0242. The van der Waals surface area contributed by atoms with Crippen molar-refractivity contribution in [3.8, 4) is 0 Å². The number of rotatable bonds is 13. The minimum atomic E-state index is -7.62. The van der Waals surface area contributed by atoms with Crippen LogP contribution < -0.4 is 0 Å². The quantitative estimate of drug-likeness (QED) is 0.153. The van der Waals surface area contributed by atoms with Crippen molar-refractivity contribution < 1.29 is 62.2 Å². The van der Waals surface area contributed by atoms with Crippen LogP contribution in [0.3, 0.4) is 0 Å². The Morgan fingerprint density at radius 1 is 0.500 bits per heavy atom. The molecule has 0 aromatic carbocycles. The highest BCUT2D eigenvalue weighted by Crippen LogP contribution is 2.65. The zero-order valence-electron chi connectivity index (χ0n) is 24.4. The molecule has 0 aliphatic heterocycles. The lowest BCUT2D eigenvalue weighted by atomic mass is 9.71. The van der Waals surface area contributed by atoms with Crippen LogP contribution in [0.4, 0.5) is 52.7 Å². The molecule has 2 nitrogen and oxygen atoms in total. The van der Waals surface area contributed by atoms with Crippen molar-refractivity contribution in [1.29, 1.82) is 0 Å². The first kappa shape index (κ1) is 38.6. The van der Waals surface area contributed by atoms with Crippen molar-refractivity contribution in [2.45, 2.75) is 130 Å². The van der Waals surface area contributed by atoms with E-state index in [0.717, 1.165) is 0 Å². The van der Waals surface area contributed by atoms with Gasteiger partial charge in [0.15, 0.2) is 0 Å². The van der Waals surface area contributed by atoms with Gasteiger partial charge in [0.25, 0.3) is 0 Å². The lowest BCUT2D eigenvalue weighted by Crippen LogP contribution is -2.73. The maximum absolute atomic E-state index is 15.0. The summed E-state index contributed by atoms with van der Waals surface area (Å²) in [6, 6.07) is 0. The Hall–Kier alpha value is -1.37. The van der Waals surface area contributed by atoms with E-state index in [0.29, 0.717) is 20.3 Å². The number of hydrogen-bond donors (Lipinski definition) is 0. The summed E-state index contributed by atoms with van der Waals surface area (Å²) in [5, 5.41) is 0. The number of hydrogen-bond acceptors (Lipinski definition) is 2. The molecule has 0 unspecified atom stereocenters. The highest BCUT2D eigenvalue weighted by Gasteiger charge is 2.91. The molecule has 0 saturated heterocycles. The Morgan fingerprint density at radius 2 is 0.850 bits per heavy atom. The number of halogens is 12. The molecule has 0 bridgehead atoms. The van der Waals surface area contributed by atoms with Crippen LogP contribution in [0.15, 0.2) is 0 Å². The van der Waals surface area contributed by atoms with E-state index in [1.807, 2.05) is 20.8 Å². The molecular weight excluding hydrogens is 572 g/mol. The molecule has 0 heterocycles. The van der Waals surface area contributed by atoms with Crippen LogP contribution in [-0.2, 0) is 9.53 Å². The van der Waals surface area contributed by atoms with E-state index in [-0.39, 0.29) is 32.8 Å². The topological polar surface area (TPSA) is 26.3 Å². The minimum Gasteiger partial charge on any atom is -0.466 e. The lowest BCUT2D eigenvalue weighted by Gasteiger charge is -2.47. The smallest absolute Gasteiger partial charge is 0.384 e. The van der Waals surface area contributed by atoms with Crippen LogP contribution in [0.25, 0.3) is 0 Å². The van der Waals surface area contributed by atoms with Gasteiger partial charge < -0.3 is 4.74 Å². The van der Waals surface area contributed by atoms with Crippen LogP contribution in [0, 0.1) is 21.7 Å². The predicted octanol–water partition coefficient (Wildman–Crippen LogP) is 10.0. The number of esters is 1. The van der Waals surface area contributed by atoms with E-state index in [1.165, 1.54) is 13.8 Å². The molecule has 0 aromatic rings. The molecular formula is C26H40F12O2. The fourth-order valence-corrected chi connectivity index (χ4v) is 3.49. The molecule has 0 aliphatic carbocycles. The normalized spacial score (nSPS) is 15.8. The van der Waals surface area contributed by atoms with Crippen molar-refractivity contribution in [1.82, 2.24) is 0 Å². The van der Waals surface area contributed by atoms with E-state index in [4.69, 9.17) is 4.74 Å². The molecule has 0 aliphatic rings. The molecule has 0 atom stereocenters. The van der Waals surface area contributed by atoms with E-state index in [9.17, 15) is 57.5 Å². The molecule has 14 heteroatoms. The molecule has 0 rings (SSSR count). The van der Waals surface area contributed by atoms with Gasteiger partial charge in [-0.1, -0.05) is 69.2 Å². The van der Waals surface area contributed by atoms with Crippen molar-refractivity contribution in [2.75, 3.05) is 6.61 Å². The van der Waals surface area contributed by atoms with Crippen molar-refractivity contribution in [3.05, 3.63) is 0 Å². The van der Waals surface area contributed by atoms with Gasteiger partial charge in [-0.3, -0.25) is 4.79 Å². The largest absolute Gasteiger partial charge is 0.466 e. The van der Waals surface area contributed by atoms with Crippen LogP contribution in [0.1, 0.15) is 94.9 Å². The van der Waals surface area contributed by atoms with Gasteiger partial charge >= 0.3 is 41.5 Å². The average molecular weight is 613 g/mol. The molecule has 240 valence electrons. The molecule has 0 fully saturated rings. The summed E-state index contributed by atoms with van der Waals surface area (Å²) in [5.74, 6) is -42.5. The van der Waals surface area contributed by atoms with Crippen LogP contribution in [-0.4, -0.2) is 48.1 Å². The summed E-state index contributed by atoms with van der Waals surface area (Å²) in [4.78, 5) is 12.1. The fourth-order valence-electron chi connectivity index (χ4n) is 3.49. The molecule has 0 aromatic heterocycles. The lowest BCUT2D eigenvalue weighted by molar-refractivity contribution is -0.440. The molecule has 0 N–H and O–H groups in total. The summed E-state index contributed by atoms with van der Waals surface area (Å²) in [5.41, 5.74) is -7.81. The van der Waals surface area contributed by atoms with E-state index in [2.05, 4.69) is 0 Å². The molecule has 0 saturated carbocycles. The summed E-state index contributed by atoms with van der Waals surface area (Å²) in [7, 11) is 0. The van der Waals surface area contributed by atoms with E-state index < -0.39 is 77.0 Å². The molecule has 0 radical (unpaired) electrons. The SMILES string of the molecule is CC(C)(C)CCOC(=O)CC(C)(C)CCC(C)(C)C(F)(F)C(F)(F)C(F)(F)C(F)(F)C(F)(F)C(F)(F)C(C)(C)C. The maximum atomic E-state index is 15.0. The second-order valence-corrected chi connectivity index (χ2v) is 14.0. The highest BCUT2D eigenvalue weighted by molar-refractivity contribution is 5.70. The van der Waals surface area contributed by atoms with Gasteiger partial charge in [-0.25, -0.2) is 0 Å².